The fraction of sp³-hybridized carbons (Fsp3) is 0.429. The average molecular weight is 336 g/mol. The average Bonchev–Trinajstić information content (AvgIpc) is 3.59. The van der Waals surface area contributed by atoms with Crippen molar-refractivity contribution in [1.29, 1.82) is 0 Å². The van der Waals surface area contributed by atoms with E-state index in [4.69, 9.17) is 4.74 Å². The van der Waals surface area contributed by atoms with Gasteiger partial charge in [0.05, 0.1) is 7.11 Å². The molecule has 2 aliphatic carbocycles. The summed E-state index contributed by atoms with van der Waals surface area (Å²) in [5, 5.41) is 0. The Morgan fingerprint density at radius 2 is 2.04 bits per heavy atom. The number of rotatable bonds is 7. The lowest BCUT2D eigenvalue weighted by Gasteiger charge is -2.23. The topological polar surface area (TPSA) is 42.4 Å². The number of pyridine rings is 1. The van der Waals surface area contributed by atoms with Crippen LogP contribution < -0.4 is 4.74 Å². The SMILES string of the molecule is COc1ccc(CCN(Cc2cccnc2)C(=O)[C@H]2CC23CC3)cc1. The summed E-state index contributed by atoms with van der Waals surface area (Å²) in [5.41, 5.74) is 2.71. The molecule has 2 aliphatic rings. The number of ether oxygens (including phenoxy) is 1. The summed E-state index contributed by atoms with van der Waals surface area (Å²) >= 11 is 0. The van der Waals surface area contributed by atoms with E-state index in [-0.39, 0.29) is 5.92 Å². The quantitative estimate of drug-likeness (QED) is 0.777. The smallest absolute Gasteiger partial charge is 0.226 e. The number of hydrogen-bond acceptors (Lipinski definition) is 3. The van der Waals surface area contributed by atoms with Gasteiger partial charge >= 0.3 is 0 Å². The molecule has 2 fully saturated rings. The second-order valence-electron chi connectivity index (χ2n) is 7.34. The molecule has 0 N–H and O–H groups in total. The molecule has 0 saturated heterocycles. The molecule has 4 heteroatoms. The van der Waals surface area contributed by atoms with Gasteiger partial charge in [0, 0.05) is 31.4 Å². The van der Waals surface area contributed by atoms with E-state index in [0.717, 1.165) is 30.7 Å². The van der Waals surface area contributed by atoms with E-state index in [1.807, 2.05) is 35.4 Å². The van der Waals surface area contributed by atoms with Crippen molar-refractivity contribution in [2.24, 2.45) is 11.3 Å². The zero-order valence-electron chi connectivity index (χ0n) is 14.6. The number of amides is 1. The highest BCUT2D eigenvalue weighted by molar-refractivity contribution is 5.83. The van der Waals surface area contributed by atoms with Gasteiger partial charge in [-0.3, -0.25) is 9.78 Å². The van der Waals surface area contributed by atoms with E-state index < -0.39 is 0 Å². The molecule has 1 aromatic heterocycles. The van der Waals surface area contributed by atoms with Crippen molar-refractivity contribution >= 4 is 5.91 Å². The molecule has 0 unspecified atom stereocenters. The van der Waals surface area contributed by atoms with Gasteiger partial charge in [0.15, 0.2) is 0 Å². The van der Waals surface area contributed by atoms with Gasteiger partial charge in [-0.05, 0) is 60.4 Å². The molecule has 0 bridgehead atoms. The van der Waals surface area contributed by atoms with Crippen LogP contribution in [0.5, 0.6) is 5.75 Å². The third-order valence-corrected chi connectivity index (χ3v) is 5.62. The van der Waals surface area contributed by atoms with Crippen LogP contribution in [-0.2, 0) is 17.8 Å². The molecule has 1 amide bonds. The number of benzene rings is 1. The van der Waals surface area contributed by atoms with Crippen molar-refractivity contribution in [3.05, 3.63) is 59.9 Å². The Morgan fingerprint density at radius 1 is 1.24 bits per heavy atom. The Kier molecular flexibility index (Phi) is 4.20. The second-order valence-corrected chi connectivity index (χ2v) is 7.34. The summed E-state index contributed by atoms with van der Waals surface area (Å²) in [4.78, 5) is 19.2. The predicted octanol–water partition coefficient (Wildman–Crippen LogP) is 3.46. The van der Waals surface area contributed by atoms with Crippen LogP contribution >= 0.6 is 0 Å². The Labute approximate surface area is 148 Å². The van der Waals surface area contributed by atoms with Crippen LogP contribution in [0.25, 0.3) is 0 Å². The molecule has 1 heterocycles. The molecular formula is C21H24N2O2. The Morgan fingerprint density at radius 3 is 2.64 bits per heavy atom. The Bertz CT molecular complexity index is 738. The zero-order chi connectivity index (χ0) is 17.3. The number of methoxy groups -OCH3 is 1. The number of aromatic nitrogens is 1. The van der Waals surface area contributed by atoms with Crippen molar-refractivity contribution in [3.8, 4) is 5.75 Å². The van der Waals surface area contributed by atoms with Crippen LogP contribution in [0.4, 0.5) is 0 Å². The normalized spacial score (nSPS) is 19.5. The van der Waals surface area contributed by atoms with Crippen LogP contribution in [0.3, 0.4) is 0 Å². The zero-order valence-corrected chi connectivity index (χ0v) is 14.6. The number of hydrogen-bond donors (Lipinski definition) is 0. The van der Waals surface area contributed by atoms with E-state index in [0.29, 0.717) is 17.9 Å². The van der Waals surface area contributed by atoms with E-state index >= 15 is 0 Å². The van der Waals surface area contributed by atoms with E-state index in [2.05, 4.69) is 17.1 Å². The van der Waals surface area contributed by atoms with Crippen molar-refractivity contribution in [1.82, 2.24) is 9.88 Å². The summed E-state index contributed by atoms with van der Waals surface area (Å²) in [6, 6.07) is 12.1. The summed E-state index contributed by atoms with van der Waals surface area (Å²) in [6.07, 6.45) is 8.05. The number of carbonyl (C=O) groups is 1. The first-order valence-electron chi connectivity index (χ1n) is 9.01. The van der Waals surface area contributed by atoms with Gasteiger partial charge in [0.25, 0.3) is 0 Å². The predicted molar refractivity (Wildman–Crippen MR) is 96.1 cm³/mol. The van der Waals surface area contributed by atoms with E-state index in [9.17, 15) is 4.79 Å². The maximum absolute atomic E-state index is 13.0. The minimum absolute atomic E-state index is 0.264. The molecular weight excluding hydrogens is 312 g/mol. The first-order chi connectivity index (χ1) is 12.2. The third kappa shape index (κ3) is 3.53. The Hall–Kier alpha value is -2.36. The van der Waals surface area contributed by atoms with Crippen LogP contribution in [0.2, 0.25) is 0 Å². The maximum Gasteiger partial charge on any atom is 0.226 e. The van der Waals surface area contributed by atoms with Crippen molar-refractivity contribution < 1.29 is 9.53 Å². The van der Waals surface area contributed by atoms with Crippen molar-refractivity contribution in [2.75, 3.05) is 13.7 Å². The molecule has 2 saturated carbocycles. The number of nitrogens with zero attached hydrogens (tertiary/aromatic N) is 2. The third-order valence-electron chi connectivity index (χ3n) is 5.62. The fourth-order valence-electron chi connectivity index (χ4n) is 3.67. The first kappa shape index (κ1) is 16.1. The van der Waals surface area contributed by atoms with Crippen molar-refractivity contribution in [3.63, 3.8) is 0 Å². The molecule has 1 atom stereocenters. The van der Waals surface area contributed by atoms with E-state index in [1.165, 1.54) is 18.4 Å². The summed E-state index contributed by atoms with van der Waals surface area (Å²) in [5.74, 6) is 1.45. The van der Waals surface area contributed by atoms with Gasteiger partial charge < -0.3 is 9.64 Å². The molecule has 4 nitrogen and oxygen atoms in total. The highest BCUT2D eigenvalue weighted by atomic mass is 16.5. The molecule has 4 rings (SSSR count). The summed E-state index contributed by atoms with van der Waals surface area (Å²) in [6.45, 7) is 1.39. The summed E-state index contributed by atoms with van der Waals surface area (Å²) in [7, 11) is 1.67. The second kappa shape index (κ2) is 6.51. The van der Waals surface area contributed by atoms with Gasteiger partial charge in [0.2, 0.25) is 5.91 Å². The minimum atomic E-state index is 0.264. The molecule has 1 aromatic carbocycles. The molecule has 0 aliphatic heterocycles. The monoisotopic (exact) mass is 336 g/mol. The lowest BCUT2D eigenvalue weighted by Crippen LogP contribution is -2.34. The molecule has 25 heavy (non-hydrogen) atoms. The lowest BCUT2D eigenvalue weighted by atomic mass is 10.1. The molecule has 1 spiro atoms. The van der Waals surface area contributed by atoms with Crippen molar-refractivity contribution in [2.45, 2.75) is 32.2 Å². The number of carbonyl (C=O) groups excluding carboxylic acids is 1. The first-order valence-corrected chi connectivity index (χ1v) is 9.01. The van der Waals surface area contributed by atoms with Gasteiger partial charge in [-0.15, -0.1) is 0 Å². The van der Waals surface area contributed by atoms with Crippen LogP contribution in [0, 0.1) is 11.3 Å². The van der Waals surface area contributed by atoms with Gasteiger partial charge in [-0.25, -0.2) is 0 Å². The largest absolute Gasteiger partial charge is 0.497 e. The Balaban J connectivity index is 1.43. The fourth-order valence-corrected chi connectivity index (χ4v) is 3.67. The van der Waals surface area contributed by atoms with Gasteiger partial charge in [-0.2, -0.15) is 0 Å². The molecule has 130 valence electrons. The molecule has 0 radical (unpaired) electrons. The standard InChI is InChI=1S/C21H24N2O2/c1-25-18-6-4-16(5-7-18)8-12-23(15-17-3-2-11-22-14-17)20(24)19-13-21(19)9-10-21/h2-7,11,14,19H,8-10,12-13,15H2,1H3/t19-/m1/s1. The lowest BCUT2D eigenvalue weighted by molar-refractivity contribution is -0.133. The summed E-state index contributed by atoms with van der Waals surface area (Å²) < 4.78 is 5.21. The van der Waals surface area contributed by atoms with Gasteiger partial charge in [-0.1, -0.05) is 18.2 Å². The van der Waals surface area contributed by atoms with Crippen LogP contribution in [-0.4, -0.2) is 29.4 Å². The van der Waals surface area contributed by atoms with E-state index in [1.54, 1.807) is 13.3 Å². The van der Waals surface area contributed by atoms with Crippen LogP contribution in [0.15, 0.2) is 48.8 Å². The minimum Gasteiger partial charge on any atom is -0.497 e. The highest BCUT2D eigenvalue weighted by Crippen LogP contribution is 2.71. The van der Waals surface area contributed by atoms with Gasteiger partial charge in [0.1, 0.15) is 5.75 Å². The van der Waals surface area contributed by atoms with Crippen LogP contribution in [0.1, 0.15) is 30.4 Å². The molecule has 2 aromatic rings. The highest BCUT2D eigenvalue weighted by Gasteiger charge is 2.66. The maximum atomic E-state index is 13.0.